The largest absolute Gasteiger partial charge is 0.495 e. The van der Waals surface area contributed by atoms with Crippen molar-refractivity contribution in [2.24, 2.45) is 0 Å². The fourth-order valence-corrected chi connectivity index (χ4v) is 1.96. The van der Waals surface area contributed by atoms with Crippen molar-refractivity contribution in [3.8, 4) is 11.8 Å². The van der Waals surface area contributed by atoms with Crippen molar-refractivity contribution in [1.29, 1.82) is 5.26 Å². The highest BCUT2D eigenvalue weighted by Gasteiger charge is 2.07. The second-order valence-electron chi connectivity index (χ2n) is 4.54. The molecule has 1 aromatic heterocycles. The van der Waals surface area contributed by atoms with Crippen LogP contribution in [0.3, 0.4) is 0 Å². The topological polar surface area (TPSA) is 57.9 Å². The Morgan fingerprint density at radius 3 is 2.90 bits per heavy atom. The van der Waals surface area contributed by atoms with Crippen LogP contribution in [0.5, 0.6) is 5.75 Å². The fourth-order valence-electron chi connectivity index (χ4n) is 1.96. The number of benzene rings is 1. The molecular weight excluding hydrogens is 250 g/mol. The Bertz CT molecular complexity index is 605. The van der Waals surface area contributed by atoms with Crippen LogP contribution in [0.25, 0.3) is 0 Å². The molecule has 1 heterocycles. The van der Waals surface area contributed by atoms with Gasteiger partial charge in [-0.3, -0.25) is 4.98 Å². The number of methoxy groups -OCH3 is 1. The Morgan fingerprint density at radius 1 is 1.40 bits per heavy atom. The van der Waals surface area contributed by atoms with E-state index in [4.69, 9.17) is 10.00 Å². The van der Waals surface area contributed by atoms with E-state index >= 15 is 0 Å². The third-order valence-corrected chi connectivity index (χ3v) is 3.18. The van der Waals surface area contributed by atoms with Crippen molar-refractivity contribution in [1.82, 2.24) is 10.3 Å². The average Bonchev–Trinajstić information content (AvgIpc) is 2.53. The summed E-state index contributed by atoms with van der Waals surface area (Å²) >= 11 is 0. The highest BCUT2D eigenvalue weighted by molar-refractivity contribution is 5.45. The second kappa shape index (κ2) is 6.69. The SMILES string of the molecule is COc1cc(CNC(C)c2cccnc2)ccc1C#N. The molecule has 0 amide bonds. The van der Waals surface area contributed by atoms with Gasteiger partial charge < -0.3 is 10.1 Å². The number of aromatic nitrogens is 1. The van der Waals surface area contributed by atoms with Crippen LogP contribution in [0.15, 0.2) is 42.7 Å². The summed E-state index contributed by atoms with van der Waals surface area (Å²) in [5, 5.41) is 12.4. The standard InChI is InChI=1S/C16H17N3O/c1-12(15-4-3-7-18-11-15)19-10-13-5-6-14(9-17)16(8-13)20-2/h3-8,11-12,19H,10H2,1-2H3. The minimum Gasteiger partial charge on any atom is -0.495 e. The van der Waals surface area contributed by atoms with E-state index in [0.717, 1.165) is 11.1 Å². The smallest absolute Gasteiger partial charge is 0.136 e. The van der Waals surface area contributed by atoms with E-state index in [1.807, 2.05) is 30.5 Å². The van der Waals surface area contributed by atoms with Crippen LogP contribution in [-0.2, 0) is 6.54 Å². The van der Waals surface area contributed by atoms with Gasteiger partial charge in [-0.1, -0.05) is 12.1 Å². The normalized spacial score (nSPS) is 11.7. The molecule has 102 valence electrons. The van der Waals surface area contributed by atoms with E-state index in [9.17, 15) is 0 Å². The Kier molecular flexibility index (Phi) is 4.70. The first-order valence-electron chi connectivity index (χ1n) is 6.45. The van der Waals surface area contributed by atoms with Crippen LogP contribution < -0.4 is 10.1 Å². The summed E-state index contributed by atoms with van der Waals surface area (Å²) in [4.78, 5) is 4.11. The molecule has 2 rings (SSSR count). The lowest BCUT2D eigenvalue weighted by atomic mass is 10.1. The Hall–Kier alpha value is -2.38. The van der Waals surface area contributed by atoms with Crippen LogP contribution in [0.4, 0.5) is 0 Å². The third-order valence-electron chi connectivity index (χ3n) is 3.18. The van der Waals surface area contributed by atoms with Gasteiger partial charge in [0.25, 0.3) is 0 Å². The van der Waals surface area contributed by atoms with E-state index in [1.54, 1.807) is 19.4 Å². The molecule has 4 heteroatoms. The van der Waals surface area contributed by atoms with Gasteiger partial charge in [-0.25, -0.2) is 0 Å². The molecule has 0 saturated carbocycles. The maximum Gasteiger partial charge on any atom is 0.136 e. The molecule has 0 bridgehead atoms. The number of nitrogens with one attached hydrogen (secondary N) is 1. The van der Waals surface area contributed by atoms with Gasteiger partial charge in [-0.05, 0) is 36.2 Å². The maximum absolute atomic E-state index is 8.95. The Labute approximate surface area is 119 Å². The molecule has 0 aliphatic rings. The summed E-state index contributed by atoms with van der Waals surface area (Å²) in [6, 6.07) is 11.9. The second-order valence-corrected chi connectivity index (χ2v) is 4.54. The first-order valence-corrected chi connectivity index (χ1v) is 6.45. The lowest BCUT2D eigenvalue weighted by Crippen LogP contribution is -2.18. The molecule has 4 nitrogen and oxygen atoms in total. The van der Waals surface area contributed by atoms with Gasteiger partial charge in [-0.15, -0.1) is 0 Å². The van der Waals surface area contributed by atoms with Gasteiger partial charge in [0.2, 0.25) is 0 Å². The molecule has 0 spiro atoms. The summed E-state index contributed by atoms with van der Waals surface area (Å²) in [5.41, 5.74) is 2.78. The average molecular weight is 267 g/mol. The fraction of sp³-hybridized carbons (Fsp3) is 0.250. The summed E-state index contributed by atoms with van der Waals surface area (Å²) < 4.78 is 5.21. The number of nitrogens with zero attached hydrogens (tertiary/aromatic N) is 2. The molecule has 20 heavy (non-hydrogen) atoms. The van der Waals surface area contributed by atoms with E-state index < -0.39 is 0 Å². The van der Waals surface area contributed by atoms with Crippen molar-refractivity contribution < 1.29 is 4.74 Å². The molecule has 1 aromatic carbocycles. The van der Waals surface area contributed by atoms with Crippen molar-refractivity contribution >= 4 is 0 Å². The van der Waals surface area contributed by atoms with Crippen LogP contribution in [0.1, 0.15) is 29.7 Å². The highest BCUT2D eigenvalue weighted by atomic mass is 16.5. The molecule has 1 N–H and O–H groups in total. The molecular formula is C16H17N3O. The predicted molar refractivity (Wildman–Crippen MR) is 77.2 cm³/mol. The quantitative estimate of drug-likeness (QED) is 0.905. The summed E-state index contributed by atoms with van der Waals surface area (Å²) in [7, 11) is 1.58. The first kappa shape index (κ1) is 14.0. The maximum atomic E-state index is 8.95. The van der Waals surface area contributed by atoms with Crippen LogP contribution in [0, 0.1) is 11.3 Å². The number of hydrogen-bond acceptors (Lipinski definition) is 4. The minimum absolute atomic E-state index is 0.213. The summed E-state index contributed by atoms with van der Waals surface area (Å²) in [6.45, 7) is 2.80. The van der Waals surface area contributed by atoms with Gasteiger partial charge in [0.15, 0.2) is 0 Å². The van der Waals surface area contributed by atoms with Gasteiger partial charge in [0.1, 0.15) is 11.8 Å². The van der Waals surface area contributed by atoms with Crippen molar-refractivity contribution in [2.45, 2.75) is 19.5 Å². The number of pyridine rings is 1. The number of ether oxygens (including phenoxy) is 1. The zero-order chi connectivity index (χ0) is 14.4. The molecule has 2 aromatic rings. The number of hydrogen-bond donors (Lipinski definition) is 1. The van der Waals surface area contributed by atoms with Gasteiger partial charge in [0, 0.05) is 25.0 Å². The number of nitriles is 1. The van der Waals surface area contributed by atoms with Crippen molar-refractivity contribution in [3.05, 3.63) is 59.4 Å². The lowest BCUT2D eigenvalue weighted by molar-refractivity contribution is 0.412. The van der Waals surface area contributed by atoms with Gasteiger partial charge in [0.05, 0.1) is 12.7 Å². The van der Waals surface area contributed by atoms with E-state index in [0.29, 0.717) is 17.9 Å². The molecule has 1 unspecified atom stereocenters. The third kappa shape index (κ3) is 3.34. The van der Waals surface area contributed by atoms with Crippen LogP contribution in [-0.4, -0.2) is 12.1 Å². The predicted octanol–water partition coefficient (Wildman–Crippen LogP) is 2.81. The van der Waals surface area contributed by atoms with Crippen LogP contribution in [0.2, 0.25) is 0 Å². The Morgan fingerprint density at radius 2 is 2.25 bits per heavy atom. The Balaban J connectivity index is 2.03. The molecule has 0 aliphatic carbocycles. The minimum atomic E-state index is 0.213. The van der Waals surface area contributed by atoms with Crippen LogP contribution >= 0.6 is 0 Å². The monoisotopic (exact) mass is 267 g/mol. The van der Waals surface area contributed by atoms with E-state index in [2.05, 4.69) is 23.3 Å². The van der Waals surface area contributed by atoms with Crippen molar-refractivity contribution in [2.75, 3.05) is 7.11 Å². The molecule has 0 radical (unpaired) electrons. The van der Waals surface area contributed by atoms with Crippen molar-refractivity contribution in [3.63, 3.8) is 0 Å². The molecule has 0 saturated heterocycles. The molecule has 1 atom stereocenters. The number of rotatable bonds is 5. The first-order chi connectivity index (χ1) is 9.74. The molecule has 0 aliphatic heterocycles. The van der Waals surface area contributed by atoms with Gasteiger partial charge in [-0.2, -0.15) is 5.26 Å². The van der Waals surface area contributed by atoms with E-state index in [-0.39, 0.29) is 6.04 Å². The zero-order valence-electron chi connectivity index (χ0n) is 11.6. The summed E-state index contributed by atoms with van der Waals surface area (Å²) in [5.74, 6) is 0.612. The summed E-state index contributed by atoms with van der Waals surface area (Å²) in [6.07, 6.45) is 3.62. The highest BCUT2D eigenvalue weighted by Crippen LogP contribution is 2.20. The van der Waals surface area contributed by atoms with E-state index in [1.165, 1.54) is 0 Å². The zero-order valence-corrected chi connectivity index (χ0v) is 11.6. The van der Waals surface area contributed by atoms with Gasteiger partial charge >= 0.3 is 0 Å². The lowest BCUT2D eigenvalue weighted by Gasteiger charge is -2.14. The molecule has 0 fully saturated rings.